The van der Waals surface area contributed by atoms with E-state index in [1.807, 2.05) is 6.07 Å². The molecule has 1 N–H and O–H groups in total. The van der Waals surface area contributed by atoms with Gasteiger partial charge in [0, 0.05) is 12.5 Å². The Morgan fingerprint density at radius 2 is 1.93 bits per heavy atom. The third-order valence-electron chi connectivity index (χ3n) is 4.07. The molecule has 1 heterocycles. The number of hydrogen-bond donors (Lipinski definition) is 1. The third-order valence-corrected chi connectivity index (χ3v) is 4.07. The van der Waals surface area contributed by atoms with Crippen LogP contribution < -0.4 is 5.32 Å². The Morgan fingerprint density at radius 3 is 2.67 bits per heavy atom. The lowest BCUT2D eigenvalue weighted by Crippen LogP contribution is -2.45. The van der Waals surface area contributed by atoms with Crippen LogP contribution in [-0.4, -0.2) is 12.5 Å². The zero-order chi connectivity index (χ0) is 10.6. The molecule has 0 saturated carbocycles. The van der Waals surface area contributed by atoms with Crippen molar-refractivity contribution < 1.29 is 4.79 Å². The number of piperidine rings is 1. The van der Waals surface area contributed by atoms with E-state index in [0.717, 1.165) is 6.54 Å². The minimum absolute atomic E-state index is 0.0486. The number of fused-ring (bicyclic) bond motifs is 5. The van der Waals surface area contributed by atoms with Gasteiger partial charge in [0.2, 0.25) is 5.91 Å². The number of benzene rings is 1. The fraction of sp³-hybridized carbons (Fsp3) is 0.462. The second kappa shape index (κ2) is 2.63. The van der Waals surface area contributed by atoms with Gasteiger partial charge >= 0.3 is 0 Å². The lowest BCUT2D eigenvalue weighted by molar-refractivity contribution is -0.127. The Balaban J connectivity index is 2.25. The zero-order valence-corrected chi connectivity index (χ0v) is 9.08. The summed E-state index contributed by atoms with van der Waals surface area (Å²) < 4.78 is 0. The van der Waals surface area contributed by atoms with Crippen LogP contribution in [0.1, 0.15) is 36.8 Å². The molecular weight excluding hydrogens is 186 g/mol. The predicted octanol–water partition coefficient (Wildman–Crippen LogP) is 2.02. The first-order valence-electron chi connectivity index (χ1n) is 5.49. The maximum absolute atomic E-state index is 11.9. The average molecular weight is 201 g/mol. The van der Waals surface area contributed by atoms with Gasteiger partial charge in [0.1, 0.15) is 0 Å². The summed E-state index contributed by atoms with van der Waals surface area (Å²) in [4.78, 5) is 11.9. The number of rotatable bonds is 0. The van der Waals surface area contributed by atoms with Crippen LogP contribution in [-0.2, 0) is 4.79 Å². The Hall–Kier alpha value is -1.31. The normalized spacial score (nSPS) is 30.9. The molecule has 2 bridgehead atoms. The predicted molar refractivity (Wildman–Crippen MR) is 58.7 cm³/mol. The van der Waals surface area contributed by atoms with Crippen LogP contribution in [0, 0.1) is 5.41 Å². The van der Waals surface area contributed by atoms with Crippen LogP contribution in [0.4, 0.5) is 0 Å². The van der Waals surface area contributed by atoms with E-state index in [0.29, 0.717) is 5.92 Å². The molecule has 15 heavy (non-hydrogen) atoms. The highest BCUT2D eigenvalue weighted by molar-refractivity contribution is 5.88. The van der Waals surface area contributed by atoms with Gasteiger partial charge in [-0.2, -0.15) is 0 Å². The van der Waals surface area contributed by atoms with Crippen molar-refractivity contribution in [2.75, 3.05) is 6.54 Å². The van der Waals surface area contributed by atoms with Crippen molar-refractivity contribution in [1.82, 2.24) is 5.32 Å². The van der Waals surface area contributed by atoms with Crippen molar-refractivity contribution in [2.24, 2.45) is 5.41 Å². The van der Waals surface area contributed by atoms with Gasteiger partial charge in [0.15, 0.2) is 0 Å². The fourth-order valence-electron chi connectivity index (χ4n) is 3.25. The molecule has 0 aromatic heterocycles. The topological polar surface area (TPSA) is 29.1 Å². The molecule has 1 amide bonds. The van der Waals surface area contributed by atoms with Crippen molar-refractivity contribution in [3.8, 4) is 0 Å². The maximum Gasteiger partial charge on any atom is 0.228 e. The van der Waals surface area contributed by atoms with Crippen LogP contribution in [0.25, 0.3) is 0 Å². The van der Waals surface area contributed by atoms with Gasteiger partial charge in [-0.15, -0.1) is 0 Å². The van der Waals surface area contributed by atoms with Gasteiger partial charge in [-0.3, -0.25) is 4.79 Å². The summed E-state index contributed by atoms with van der Waals surface area (Å²) in [5, 5.41) is 3.01. The first kappa shape index (κ1) is 8.96. The van der Waals surface area contributed by atoms with Gasteiger partial charge in [0.25, 0.3) is 0 Å². The van der Waals surface area contributed by atoms with Gasteiger partial charge in [-0.1, -0.05) is 38.1 Å². The quantitative estimate of drug-likeness (QED) is 0.683. The van der Waals surface area contributed by atoms with E-state index in [-0.39, 0.29) is 17.2 Å². The molecule has 2 atom stereocenters. The van der Waals surface area contributed by atoms with Crippen LogP contribution >= 0.6 is 0 Å². The van der Waals surface area contributed by atoms with Gasteiger partial charge in [-0.25, -0.2) is 0 Å². The van der Waals surface area contributed by atoms with Crippen molar-refractivity contribution in [3.05, 3.63) is 35.4 Å². The van der Waals surface area contributed by atoms with Crippen molar-refractivity contribution in [2.45, 2.75) is 25.7 Å². The summed E-state index contributed by atoms with van der Waals surface area (Å²) >= 11 is 0. The van der Waals surface area contributed by atoms with E-state index in [9.17, 15) is 4.79 Å². The van der Waals surface area contributed by atoms with E-state index >= 15 is 0 Å². The lowest BCUT2D eigenvalue weighted by atomic mass is 9.71. The second-order valence-electron chi connectivity index (χ2n) is 5.18. The molecule has 1 saturated heterocycles. The van der Waals surface area contributed by atoms with E-state index in [1.54, 1.807) is 0 Å². The molecular formula is C13H15NO. The summed E-state index contributed by atoms with van der Waals surface area (Å²) in [5.74, 6) is 0.727. The van der Waals surface area contributed by atoms with Crippen LogP contribution in [0.2, 0.25) is 0 Å². The maximum atomic E-state index is 11.9. The average Bonchev–Trinajstić information content (AvgIpc) is 2.31. The molecule has 1 aromatic carbocycles. The standard InChI is InChI=1S/C13H15NO/c1-13(2)10-7-14-12(15)11(13)9-6-4-3-5-8(9)10/h3-6,10-11H,7H2,1-2H3,(H,14,15)/t10-,11+/m0/s1. The monoisotopic (exact) mass is 201 g/mol. The molecule has 0 radical (unpaired) electrons. The molecule has 0 unspecified atom stereocenters. The minimum atomic E-state index is 0.0486. The number of nitrogens with one attached hydrogen (secondary N) is 1. The minimum Gasteiger partial charge on any atom is -0.355 e. The smallest absolute Gasteiger partial charge is 0.228 e. The second-order valence-corrected chi connectivity index (χ2v) is 5.18. The van der Waals surface area contributed by atoms with E-state index in [1.165, 1.54) is 11.1 Å². The molecule has 2 heteroatoms. The summed E-state index contributed by atoms with van der Waals surface area (Å²) in [6.45, 7) is 5.21. The molecule has 3 rings (SSSR count). The van der Waals surface area contributed by atoms with E-state index < -0.39 is 0 Å². The molecule has 1 aliphatic heterocycles. The first-order chi connectivity index (χ1) is 7.12. The molecule has 1 aliphatic carbocycles. The largest absolute Gasteiger partial charge is 0.355 e. The Bertz CT molecular complexity index is 436. The molecule has 1 fully saturated rings. The van der Waals surface area contributed by atoms with Crippen LogP contribution in [0.5, 0.6) is 0 Å². The number of hydrogen-bond acceptors (Lipinski definition) is 1. The molecule has 2 nitrogen and oxygen atoms in total. The number of carbonyl (C=O) groups is 1. The van der Waals surface area contributed by atoms with Crippen molar-refractivity contribution >= 4 is 5.91 Å². The summed E-state index contributed by atoms with van der Waals surface area (Å²) in [6.07, 6.45) is 0. The van der Waals surface area contributed by atoms with Gasteiger partial charge < -0.3 is 5.32 Å². The van der Waals surface area contributed by atoms with Crippen molar-refractivity contribution in [3.63, 3.8) is 0 Å². The van der Waals surface area contributed by atoms with E-state index in [2.05, 4.69) is 37.4 Å². The summed E-state index contributed by atoms with van der Waals surface area (Å²) in [7, 11) is 0. The number of carbonyl (C=O) groups excluding carboxylic acids is 1. The fourth-order valence-corrected chi connectivity index (χ4v) is 3.25. The van der Waals surface area contributed by atoms with Crippen LogP contribution in [0.3, 0.4) is 0 Å². The summed E-state index contributed by atoms with van der Waals surface area (Å²) in [5.41, 5.74) is 2.68. The molecule has 2 aliphatic rings. The zero-order valence-electron chi connectivity index (χ0n) is 9.08. The molecule has 0 spiro atoms. The van der Waals surface area contributed by atoms with Gasteiger partial charge in [-0.05, 0) is 16.5 Å². The SMILES string of the molecule is CC1(C)[C@H]2CNC(=O)[C@H]1c1ccccc12. The van der Waals surface area contributed by atoms with Crippen molar-refractivity contribution in [1.29, 1.82) is 0 Å². The Labute approximate surface area is 89.7 Å². The summed E-state index contributed by atoms with van der Waals surface area (Å²) in [6, 6.07) is 8.37. The van der Waals surface area contributed by atoms with E-state index in [4.69, 9.17) is 0 Å². The van der Waals surface area contributed by atoms with Crippen LogP contribution in [0.15, 0.2) is 24.3 Å². The van der Waals surface area contributed by atoms with Gasteiger partial charge in [0.05, 0.1) is 5.92 Å². The third kappa shape index (κ3) is 0.969. The Morgan fingerprint density at radius 1 is 1.27 bits per heavy atom. The molecule has 1 aromatic rings. The highest BCUT2D eigenvalue weighted by Crippen LogP contribution is 2.56. The molecule has 78 valence electrons. The lowest BCUT2D eigenvalue weighted by Gasteiger charge is -2.37. The highest BCUT2D eigenvalue weighted by Gasteiger charge is 2.52. The number of amides is 1. The first-order valence-corrected chi connectivity index (χ1v) is 5.49. The Kier molecular flexibility index (Phi) is 1.57. The highest BCUT2D eigenvalue weighted by atomic mass is 16.2.